The predicted octanol–water partition coefficient (Wildman–Crippen LogP) is 2.41. The number of hydrogen-bond acceptors (Lipinski definition) is 9. The zero-order valence-corrected chi connectivity index (χ0v) is 21.3. The summed E-state index contributed by atoms with van der Waals surface area (Å²) < 4.78 is 27.6. The summed E-state index contributed by atoms with van der Waals surface area (Å²) in [6, 6.07) is 12.5. The second-order valence-corrected chi connectivity index (χ2v) is 10.1. The van der Waals surface area contributed by atoms with Gasteiger partial charge in [0, 0.05) is 42.4 Å². The van der Waals surface area contributed by atoms with Crippen molar-refractivity contribution in [3.63, 3.8) is 0 Å². The molecular formula is C23H27BrN6O4S. The molecule has 12 heteroatoms. The largest absolute Gasteiger partial charge is 0.419 e. The lowest BCUT2D eigenvalue weighted by Crippen LogP contribution is -2.43. The molecule has 0 radical (unpaired) electrons. The zero-order chi connectivity index (χ0) is 24.6. The highest BCUT2D eigenvalue weighted by Crippen LogP contribution is 2.32. The molecule has 2 unspecified atom stereocenters. The molecule has 0 bridgehead atoms. The average Bonchev–Trinajstić information content (AvgIpc) is 3.33. The van der Waals surface area contributed by atoms with E-state index in [0.717, 1.165) is 19.3 Å². The molecule has 0 aliphatic carbocycles. The Balaban J connectivity index is 1.41. The molecule has 4 N–H and O–H groups in total. The zero-order valence-electron chi connectivity index (χ0n) is 18.9. The van der Waals surface area contributed by atoms with E-state index < -0.39 is 17.1 Å². The fourth-order valence-electron chi connectivity index (χ4n) is 3.66. The number of nitrogens with one attached hydrogen (secondary N) is 3. The molecule has 2 atom stereocenters. The Morgan fingerprint density at radius 2 is 2.00 bits per heavy atom. The van der Waals surface area contributed by atoms with Gasteiger partial charge in [-0.25, -0.2) is 4.21 Å². The number of aromatic nitrogens is 2. The molecule has 1 aliphatic rings. The first-order valence-electron chi connectivity index (χ1n) is 11.1. The number of morpholine rings is 1. The third kappa shape index (κ3) is 7.03. The van der Waals surface area contributed by atoms with Crippen LogP contribution >= 0.6 is 15.9 Å². The van der Waals surface area contributed by atoms with Crippen molar-refractivity contribution >= 4 is 38.8 Å². The molecule has 1 aromatic heterocycles. The summed E-state index contributed by atoms with van der Waals surface area (Å²) >= 11 is 3.47. The Labute approximate surface area is 214 Å². The van der Waals surface area contributed by atoms with Gasteiger partial charge in [0.2, 0.25) is 11.8 Å². The fourth-order valence-corrected chi connectivity index (χ4v) is 5.01. The maximum absolute atomic E-state index is 12.8. The number of β-amino-alcohol motifs (C(OH)–C–C–N with tert-alkyl or cyclic N) is 1. The van der Waals surface area contributed by atoms with Crippen molar-refractivity contribution in [1.82, 2.24) is 20.4 Å². The first kappa shape index (κ1) is 25.6. The smallest absolute Gasteiger partial charge is 0.248 e. The minimum atomic E-state index is -1.51. The van der Waals surface area contributed by atoms with Crippen LogP contribution in [0.25, 0.3) is 11.5 Å². The van der Waals surface area contributed by atoms with E-state index in [1.54, 1.807) is 24.3 Å². The summed E-state index contributed by atoms with van der Waals surface area (Å²) in [5.41, 5.74) is 1.50. The molecule has 0 saturated carbocycles. The summed E-state index contributed by atoms with van der Waals surface area (Å²) in [6.07, 6.45) is 0.639. The number of aliphatic hydroxyl groups excluding tert-OH is 1. The quantitative estimate of drug-likeness (QED) is 0.261. The van der Waals surface area contributed by atoms with E-state index in [-0.39, 0.29) is 5.89 Å². The second kappa shape index (κ2) is 12.5. The maximum Gasteiger partial charge on any atom is 0.248 e. The van der Waals surface area contributed by atoms with Crippen LogP contribution in [-0.2, 0) is 22.3 Å². The molecular weight excluding hydrogens is 536 g/mol. The Bertz CT molecular complexity index is 1160. The van der Waals surface area contributed by atoms with Gasteiger partial charge in [-0.15, -0.1) is 10.2 Å². The van der Waals surface area contributed by atoms with Crippen molar-refractivity contribution in [3.05, 3.63) is 58.4 Å². The topological polar surface area (TPSA) is 137 Å². The van der Waals surface area contributed by atoms with E-state index in [2.05, 4.69) is 41.1 Å². The Kier molecular flexibility index (Phi) is 9.12. The summed E-state index contributed by atoms with van der Waals surface area (Å²) in [5, 5.41) is 29.6. The van der Waals surface area contributed by atoms with E-state index in [9.17, 15) is 9.32 Å². The maximum atomic E-state index is 12.8. The van der Waals surface area contributed by atoms with Crippen LogP contribution in [0.1, 0.15) is 11.5 Å². The molecule has 1 saturated heterocycles. The van der Waals surface area contributed by atoms with Crippen molar-refractivity contribution in [1.29, 1.82) is 5.41 Å². The third-order valence-electron chi connectivity index (χ3n) is 5.38. The second-order valence-electron chi connectivity index (χ2n) is 7.94. The highest BCUT2D eigenvalue weighted by atomic mass is 79.9. The molecule has 0 amide bonds. The molecule has 2 heterocycles. The fraction of sp³-hybridized carbons (Fsp3) is 0.348. The molecule has 4 rings (SSSR count). The Morgan fingerprint density at radius 1 is 1.23 bits per heavy atom. The van der Waals surface area contributed by atoms with Gasteiger partial charge in [0.25, 0.3) is 0 Å². The number of ether oxygens (including phenoxy) is 1. The van der Waals surface area contributed by atoms with Gasteiger partial charge in [0.1, 0.15) is 11.0 Å². The lowest BCUT2D eigenvalue weighted by molar-refractivity contribution is 0.0148. The highest BCUT2D eigenvalue weighted by Gasteiger charge is 2.19. The summed E-state index contributed by atoms with van der Waals surface area (Å²) in [6.45, 7) is 4.28. The molecule has 35 heavy (non-hydrogen) atoms. The summed E-state index contributed by atoms with van der Waals surface area (Å²) in [4.78, 5) is 2.79. The van der Waals surface area contributed by atoms with Crippen LogP contribution in [0.2, 0.25) is 0 Å². The lowest BCUT2D eigenvalue weighted by Gasteiger charge is -2.28. The van der Waals surface area contributed by atoms with Gasteiger partial charge >= 0.3 is 0 Å². The van der Waals surface area contributed by atoms with Gasteiger partial charge in [-0.1, -0.05) is 34.1 Å². The molecule has 1 aliphatic heterocycles. The average molecular weight is 563 g/mol. The molecule has 10 nitrogen and oxygen atoms in total. The first-order chi connectivity index (χ1) is 17.0. The van der Waals surface area contributed by atoms with Gasteiger partial charge < -0.3 is 29.7 Å². The minimum Gasteiger partial charge on any atom is -0.419 e. The number of benzene rings is 2. The van der Waals surface area contributed by atoms with Crippen LogP contribution in [0.15, 0.2) is 56.2 Å². The molecule has 2 aromatic carbocycles. The van der Waals surface area contributed by atoms with Gasteiger partial charge in [-0.05, 0) is 24.3 Å². The van der Waals surface area contributed by atoms with Crippen molar-refractivity contribution in [2.24, 2.45) is 0 Å². The molecule has 186 valence electrons. The number of rotatable bonds is 11. The van der Waals surface area contributed by atoms with E-state index >= 15 is 0 Å². The van der Waals surface area contributed by atoms with Gasteiger partial charge in [0.15, 0.2) is 0 Å². The lowest BCUT2D eigenvalue weighted by atomic mass is 10.1. The van der Waals surface area contributed by atoms with Crippen LogP contribution in [0.5, 0.6) is 0 Å². The normalized spacial score (nSPS) is 16.1. The van der Waals surface area contributed by atoms with Crippen molar-refractivity contribution in [2.45, 2.75) is 17.5 Å². The van der Waals surface area contributed by atoms with Crippen LogP contribution < -0.4 is 10.0 Å². The van der Waals surface area contributed by atoms with E-state index in [0.29, 0.717) is 64.9 Å². The number of anilines is 1. The summed E-state index contributed by atoms with van der Waals surface area (Å²) in [7, 11) is -1.51. The van der Waals surface area contributed by atoms with Crippen LogP contribution in [0, 0.1) is 5.41 Å². The third-order valence-corrected chi connectivity index (χ3v) is 6.94. The molecule has 1 fully saturated rings. The number of halogens is 1. The van der Waals surface area contributed by atoms with E-state index in [1.807, 2.05) is 18.2 Å². The first-order valence-corrected chi connectivity index (χ1v) is 13.1. The monoisotopic (exact) mass is 562 g/mol. The number of nitrogens with zero attached hydrogens (tertiary/aromatic N) is 3. The van der Waals surface area contributed by atoms with Crippen molar-refractivity contribution in [2.75, 3.05) is 44.1 Å². The van der Waals surface area contributed by atoms with Crippen molar-refractivity contribution < 1.29 is 18.5 Å². The Hall–Kier alpha value is -2.48. The number of hydrogen-bond donors (Lipinski definition) is 4. The Morgan fingerprint density at radius 3 is 2.74 bits per heavy atom. The van der Waals surface area contributed by atoms with Gasteiger partial charge in [-0.3, -0.25) is 4.90 Å². The van der Waals surface area contributed by atoms with Gasteiger partial charge in [0.05, 0.1) is 42.0 Å². The number of aliphatic hydroxyl groups is 1. The van der Waals surface area contributed by atoms with Crippen molar-refractivity contribution in [3.8, 4) is 11.5 Å². The minimum absolute atomic E-state index is 0.240. The molecule has 3 aromatic rings. The SMILES string of the molecule is N=Cc1c(NS(=O)c2ccccc2)cc(Br)cc1-c1nnc(CNCC(O)CN2CCOCC2)o1. The van der Waals surface area contributed by atoms with Gasteiger partial charge in [-0.2, -0.15) is 0 Å². The van der Waals surface area contributed by atoms with Crippen LogP contribution in [0.4, 0.5) is 5.69 Å². The van der Waals surface area contributed by atoms with E-state index in [4.69, 9.17) is 14.6 Å². The van der Waals surface area contributed by atoms with E-state index in [1.165, 1.54) is 0 Å². The standard InChI is InChI=1S/C23H27BrN6O4S/c24-16-10-19(20(12-25)21(11-16)29-35(32)18-4-2-1-3-5-18)23-28-27-22(34-23)14-26-13-17(31)15-30-6-8-33-9-7-30/h1-5,10-12,17,25-26,29,31H,6-9,13-15H2. The summed E-state index contributed by atoms with van der Waals surface area (Å²) in [5.74, 6) is 0.598. The van der Waals surface area contributed by atoms with Crippen LogP contribution in [-0.4, -0.2) is 76.1 Å². The van der Waals surface area contributed by atoms with Crippen LogP contribution in [0.3, 0.4) is 0 Å². The predicted molar refractivity (Wildman–Crippen MR) is 137 cm³/mol. The highest BCUT2D eigenvalue weighted by molar-refractivity contribution is 9.10. The molecule has 0 spiro atoms.